The van der Waals surface area contributed by atoms with Gasteiger partial charge in [0.1, 0.15) is 18.7 Å². The molecular formula is C18H14BrFN2O2. The minimum absolute atomic E-state index is 0.0202. The second-order valence-electron chi connectivity index (χ2n) is 5.11. The lowest BCUT2D eigenvalue weighted by Crippen LogP contribution is -1.96. The highest BCUT2D eigenvalue weighted by atomic mass is 79.9. The van der Waals surface area contributed by atoms with E-state index in [1.807, 2.05) is 30.5 Å². The summed E-state index contributed by atoms with van der Waals surface area (Å²) in [6, 6.07) is 13.9. The molecule has 0 spiro atoms. The fourth-order valence-corrected chi connectivity index (χ4v) is 2.57. The molecule has 3 aromatic rings. The van der Waals surface area contributed by atoms with Crippen LogP contribution >= 0.6 is 15.9 Å². The number of aromatic nitrogens is 2. The maximum absolute atomic E-state index is 13.2. The van der Waals surface area contributed by atoms with Crippen molar-refractivity contribution in [1.82, 2.24) is 9.78 Å². The third-order valence-electron chi connectivity index (χ3n) is 3.44. The molecule has 2 aromatic carbocycles. The van der Waals surface area contributed by atoms with Crippen molar-refractivity contribution >= 4 is 22.2 Å². The lowest BCUT2D eigenvalue weighted by molar-refractivity contribution is -0.112. The first kappa shape index (κ1) is 16.5. The Hall–Kier alpha value is -2.31. The molecule has 24 heavy (non-hydrogen) atoms. The van der Waals surface area contributed by atoms with E-state index in [-0.39, 0.29) is 19.0 Å². The normalized spacial score (nSPS) is 10.8. The standard InChI is InChI=1S/C18H14BrFN2O2/c19-15-3-7-17(8-4-15)22-11-14(12-24-10-9-23)18(21-22)13-1-5-16(20)6-2-13/h1-9,11H,10,12H2. The van der Waals surface area contributed by atoms with Gasteiger partial charge in [0.15, 0.2) is 0 Å². The van der Waals surface area contributed by atoms with Gasteiger partial charge in [-0.3, -0.25) is 0 Å². The summed E-state index contributed by atoms with van der Waals surface area (Å²) in [7, 11) is 0. The molecule has 0 radical (unpaired) electrons. The van der Waals surface area contributed by atoms with Gasteiger partial charge in [0, 0.05) is 21.8 Å². The van der Waals surface area contributed by atoms with E-state index in [1.165, 1.54) is 12.1 Å². The van der Waals surface area contributed by atoms with Gasteiger partial charge in [-0.25, -0.2) is 9.07 Å². The van der Waals surface area contributed by atoms with Crippen LogP contribution in [0.3, 0.4) is 0 Å². The smallest absolute Gasteiger partial charge is 0.145 e. The third-order valence-corrected chi connectivity index (χ3v) is 3.97. The van der Waals surface area contributed by atoms with Crippen molar-refractivity contribution in [2.45, 2.75) is 6.61 Å². The highest BCUT2D eigenvalue weighted by Gasteiger charge is 2.13. The van der Waals surface area contributed by atoms with Crippen LogP contribution in [0.1, 0.15) is 5.56 Å². The molecule has 3 rings (SSSR count). The van der Waals surface area contributed by atoms with Gasteiger partial charge in [-0.2, -0.15) is 5.10 Å². The van der Waals surface area contributed by atoms with Gasteiger partial charge >= 0.3 is 0 Å². The fraction of sp³-hybridized carbons (Fsp3) is 0.111. The molecule has 0 N–H and O–H groups in total. The predicted molar refractivity (Wildman–Crippen MR) is 92.4 cm³/mol. The van der Waals surface area contributed by atoms with Gasteiger partial charge in [-0.1, -0.05) is 15.9 Å². The van der Waals surface area contributed by atoms with Crippen molar-refractivity contribution in [3.8, 4) is 16.9 Å². The summed E-state index contributed by atoms with van der Waals surface area (Å²) in [6.07, 6.45) is 2.56. The molecule has 0 fully saturated rings. The molecule has 0 amide bonds. The molecule has 6 heteroatoms. The first-order chi connectivity index (χ1) is 11.7. The number of ether oxygens (including phenoxy) is 1. The van der Waals surface area contributed by atoms with E-state index < -0.39 is 0 Å². The molecule has 0 aliphatic carbocycles. The van der Waals surface area contributed by atoms with Crippen molar-refractivity contribution in [3.63, 3.8) is 0 Å². The summed E-state index contributed by atoms with van der Waals surface area (Å²) < 4.78 is 21.2. The summed E-state index contributed by atoms with van der Waals surface area (Å²) >= 11 is 3.41. The van der Waals surface area contributed by atoms with Crippen molar-refractivity contribution < 1.29 is 13.9 Å². The molecule has 0 aliphatic rings. The van der Waals surface area contributed by atoms with E-state index in [1.54, 1.807) is 16.8 Å². The second-order valence-corrected chi connectivity index (χ2v) is 6.03. The van der Waals surface area contributed by atoms with Crippen molar-refractivity contribution in [2.75, 3.05) is 6.61 Å². The molecule has 1 aromatic heterocycles. The molecular weight excluding hydrogens is 375 g/mol. The van der Waals surface area contributed by atoms with Crippen LogP contribution < -0.4 is 0 Å². The molecule has 122 valence electrons. The van der Waals surface area contributed by atoms with E-state index in [0.29, 0.717) is 12.0 Å². The maximum Gasteiger partial charge on any atom is 0.145 e. The zero-order valence-corrected chi connectivity index (χ0v) is 14.2. The first-order valence-electron chi connectivity index (χ1n) is 7.29. The van der Waals surface area contributed by atoms with Crippen LogP contribution in [0.15, 0.2) is 59.2 Å². The summed E-state index contributed by atoms with van der Waals surface area (Å²) in [6.45, 7) is 0.272. The van der Waals surface area contributed by atoms with Crippen LogP contribution in [0.2, 0.25) is 0 Å². The second kappa shape index (κ2) is 7.51. The monoisotopic (exact) mass is 388 g/mol. The van der Waals surface area contributed by atoms with Crippen molar-refractivity contribution in [2.24, 2.45) is 0 Å². The van der Waals surface area contributed by atoms with Crippen LogP contribution in [0.4, 0.5) is 4.39 Å². The average Bonchev–Trinajstić information content (AvgIpc) is 3.01. The Bertz CT molecular complexity index is 829. The minimum Gasteiger partial charge on any atom is -0.369 e. The number of nitrogens with zero attached hydrogens (tertiary/aromatic N) is 2. The van der Waals surface area contributed by atoms with E-state index in [4.69, 9.17) is 4.74 Å². The molecule has 0 unspecified atom stereocenters. The van der Waals surface area contributed by atoms with Crippen LogP contribution in [0, 0.1) is 5.82 Å². The zero-order chi connectivity index (χ0) is 16.9. The Labute approximate surface area is 147 Å². The van der Waals surface area contributed by atoms with Crippen LogP contribution in [-0.2, 0) is 16.1 Å². The minimum atomic E-state index is -0.301. The quantitative estimate of drug-likeness (QED) is 0.470. The van der Waals surface area contributed by atoms with Gasteiger partial charge in [-0.05, 0) is 48.5 Å². The molecule has 0 bridgehead atoms. The Morgan fingerprint density at radius 2 is 1.83 bits per heavy atom. The summed E-state index contributed by atoms with van der Waals surface area (Å²) in [5, 5.41) is 4.60. The lowest BCUT2D eigenvalue weighted by atomic mass is 10.1. The summed E-state index contributed by atoms with van der Waals surface area (Å²) in [5.41, 5.74) is 3.20. The van der Waals surface area contributed by atoms with Crippen LogP contribution in [-0.4, -0.2) is 22.7 Å². The van der Waals surface area contributed by atoms with E-state index in [0.717, 1.165) is 21.3 Å². The summed E-state index contributed by atoms with van der Waals surface area (Å²) in [4.78, 5) is 10.5. The van der Waals surface area contributed by atoms with E-state index >= 15 is 0 Å². The van der Waals surface area contributed by atoms with Gasteiger partial charge in [-0.15, -0.1) is 0 Å². The Morgan fingerprint density at radius 1 is 1.12 bits per heavy atom. The largest absolute Gasteiger partial charge is 0.369 e. The van der Waals surface area contributed by atoms with Gasteiger partial charge in [0.2, 0.25) is 0 Å². The topological polar surface area (TPSA) is 44.1 Å². The van der Waals surface area contributed by atoms with Crippen molar-refractivity contribution in [3.05, 3.63) is 70.6 Å². The summed E-state index contributed by atoms with van der Waals surface area (Å²) in [5.74, 6) is -0.301. The number of benzene rings is 2. The number of carbonyl (C=O) groups is 1. The predicted octanol–water partition coefficient (Wildman–Crippen LogP) is 4.16. The molecule has 0 saturated carbocycles. The number of aldehydes is 1. The van der Waals surface area contributed by atoms with E-state index in [2.05, 4.69) is 21.0 Å². The fourth-order valence-electron chi connectivity index (χ4n) is 2.31. The molecule has 0 aliphatic heterocycles. The van der Waals surface area contributed by atoms with Gasteiger partial charge < -0.3 is 9.53 Å². The van der Waals surface area contributed by atoms with Gasteiger partial charge in [0.25, 0.3) is 0 Å². The Kier molecular flexibility index (Phi) is 5.17. The van der Waals surface area contributed by atoms with E-state index in [9.17, 15) is 9.18 Å². The SMILES string of the molecule is O=CCOCc1cn(-c2ccc(Br)cc2)nc1-c1ccc(F)cc1. The number of rotatable bonds is 6. The number of hydrogen-bond donors (Lipinski definition) is 0. The first-order valence-corrected chi connectivity index (χ1v) is 8.08. The highest BCUT2D eigenvalue weighted by molar-refractivity contribution is 9.10. The molecule has 4 nitrogen and oxygen atoms in total. The number of halogens is 2. The third kappa shape index (κ3) is 3.77. The van der Waals surface area contributed by atoms with Gasteiger partial charge in [0.05, 0.1) is 18.0 Å². The number of carbonyl (C=O) groups excluding carboxylic acids is 1. The zero-order valence-electron chi connectivity index (χ0n) is 12.7. The average molecular weight is 389 g/mol. The molecule has 1 heterocycles. The molecule has 0 atom stereocenters. The highest BCUT2D eigenvalue weighted by Crippen LogP contribution is 2.25. The Morgan fingerprint density at radius 3 is 2.50 bits per heavy atom. The molecule has 0 saturated heterocycles. The number of hydrogen-bond acceptors (Lipinski definition) is 3. The lowest BCUT2D eigenvalue weighted by Gasteiger charge is -2.02. The van der Waals surface area contributed by atoms with Crippen molar-refractivity contribution in [1.29, 1.82) is 0 Å². The maximum atomic E-state index is 13.2. The van der Waals surface area contributed by atoms with Crippen LogP contribution in [0.5, 0.6) is 0 Å². The van der Waals surface area contributed by atoms with Crippen LogP contribution in [0.25, 0.3) is 16.9 Å². The Balaban J connectivity index is 1.99.